The van der Waals surface area contributed by atoms with Crippen LogP contribution in [0.1, 0.15) is 48.9 Å². The van der Waals surface area contributed by atoms with Gasteiger partial charge in [-0.15, -0.1) is 0 Å². The SMILES string of the molecule is COc1ccc(C(=O)N2CCC(NC3COC4(CCC4)C3)CC2)c(OC)c1. The number of methoxy groups -OCH3 is 2. The van der Waals surface area contributed by atoms with Crippen molar-refractivity contribution >= 4 is 5.91 Å². The largest absolute Gasteiger partial charge is 0.497 e. The number of benzene rings is 1. The van der Waals surface area contributed by atoms with Crippen molar-refractivity contribution in [3.8, 4) is 11.5 Å². The van der Waals surface area contributed by atoms with Crippen molar-refractivity contribution in [3.63, 3.8) is 0 Å². The zero-order valence-electron chi connectivity index (χ0n) is 16.3. The van der Waals surface area contributed by atoms with E-state index in [2.05, 4.69) is 5.32 Å². The van der Waals surface area contributed by atoms with E-state index in [4.69, 9.17) is 14.2 Å². The van der Waals surface area contributed by atoms with Crippen LogP contribution in [0.3, 0.4) is 0 Å². The van der Waals surface area contributed by atoms with Gasteiger partial charge in [-0.1, -0.05) is 0 Å². The monoisotopic (exact) mass is 374 g/mol. The minimum absolute atomic E-state index is 0.0329. The van der Waals surface area contributed by atoms with Crippen LogP contribution in [0.5, 0.6) is 11.5 Å². The highest BCUT2D eigenvalue weighted by Gasteiger charge is 2.45. The van der Waals surface area contributed by atoms with Crippen molar-refractivity contribution < 1.29 is 19.0 Å². The second-order valence-electron chi connectivity index (χ2n) is 8.05. The second kappa shape index (κ2) is 7.68. The van der Waals surface area contributed by atoms with Crippen LogP contribution in [-0.2, 0) is 4.74 Å². The molecule has 1 unspecified atom stereocenters. The molecule has 1 saturated carbocycles. The van der Waals surface area contributed by atoms with Gasteiger partial charge in [0.15, 0.2) is 0 Å². The molecular weight excluding hydrogens is 344 g/mol. The van der Waals surface area contributed by atoms with Crippen LogP contribution in [0.25, 0.3) is 0 Å². The Bertz CT molecular complexity index is 681. The smallest absolute Gasteiger partial charge is 0.257 e. The molecule has 1 aromatic rings. The number of rotatable bonds is 5. The predicted octanol–water partition coefficient (Wildman–Crippen LogP) is 2.61. The number of carbonyl (C=O) groups excluding carboxylic acids is 1. The summed E-state index contributed by atoms with van der Waals surface area (Å²) in [7, 11) is 3.19. The summed E-state index contributed by atoms with van der Waals surface area (Å²) in [5.74, 6) is 1.29. The standard InChI is InChI=1S/C21H30N2O4/c1-25-17-4-5-18(19(12-17)26-2)20(24)23-10-6-15(7-11-23)22-16-13-21(27-14-16)8-3-9-21/h4-5,12,15-16,22H,3,6-11,13-14H2,1-2H3. The summed E-state index contributed by atoms with van der Waals surface area (Å²) in [5.41, 5.74) is 0.792. The summed E-state index contributed by atoms with van der Waals surface area (Å²) in [5, 5.41) is 3.77. The molecule has 6 heteroatoms. The van der Waals surface area contributed by atoms with Crippen molar-refractivity contribution in [2.45, 2.75) is 56.2 Å². The van der Waals surface area contributed by atoms with Crippen LogP contribution in [0.2, 0.25) is 0 Å². The van der Waals surface area contributed by atoms with E-state index in [-0.39, 0.29) is 11.5 Å². The van der Waals surface area contributed by atoms with Crippen LogP contribution in [0.4, 0.5) is 0 Å². The predicted molar refractivity (Wildman–Crippen MR) is 103 cm³/mol. The molecule has 2 saturated heterocycles. The van der Waals surface area contributed by atoms with Gasteiger partial charge in [0.25, 0.3) is 5.91 Å². The summed E-state index contributed by atoms with van der Waals surface area (Å²) < 4.78 is 16.7. The van der Waals surface area contributed by atoms with Gasteiger partial charge in [0.1, 0.15) is 11.5 Å². The number of nitrogens with one attached hydrogen (secondary N) is 1. The Hall–Kier alpha value is -1.79. The van der Waals surface area contributed by atoms with Crippen molar-refractivity contribution in [1.29, 1.82) is 0 Å². The minimum Gasteiger partial charge on any atom is -0.497 e. The Morgan fingerprint density at radius 2 is 1.96 bits per heavy atom. The molecule has 148 valence electrons. The molecule has 3 fully saturated rings. The van der Waals surface area contributed by atoms with Crippen LogP contribution in [0, 0.1) is 0 Å². The Morgan fingerprint density at radius 1 is 1.19 bits per heavy atom. The molecule has 1 aromatic carbocycles. The summed E-state index contributed by atoms with van der Waals surface area (Å²) in [6.45, 7) is 2.37. The maximum absolute atomic E-state index is 12.9. The molecule has 1 N–H and O–H groups in total. The first-order valence-electron chi connectivity index (χ1n) is 10.0. The number of hydrogen-bond acceptors (Lipinski definition) is 5. The highest BCUT2D eigenvalue weighted by atomic mass is 16.5. The van der Waals surface area contributed by atoms with Gasteiger partial charge < -0.3 is 24.4 Å². The molecule has 1 amide bonds. The molecular formula is C21H30N2O4. The quantitative estimate of drug-likeness (QED) is 0.859. The lowest BCUT2D eigenvalue weighted by Crippen LogP contribution is -2.48. The van der Waals surface area contributed by atoms with E-state index in [0.717, 1.165) is 39.0 Å². The average Bonchev–Trinajstić information content (AvgIpc) is 3.12. The van der Waals surface area contributed by atoms with E-state index < -0.39 is 0 Å². The average molecular weight is 374 g/mol. The minimum atomic E-state index is 0.0329. The topological polar surface area (TPSA) is 60.0 Å². The Morgan fingerprint density at radius 3 is 2.56 bits per heavy atom. The maximum Gasteiger partial charge on any atom is 0.257 e. The van der Waals surface area contributed by atoms with Crippen molar-refractivity contribution in [3.05, 3.63) is 23.8 Å². The Labute approximate surface area is 161 Å². The van der Waals surface area contributed by atoms with Gasteiger partial charge in [-0.25, -0.2) is 0 Å². The molecule has 6 nitrogen and oxygen atoms in total. The van der Waals surface area contributed by atoms with E-state index in [0.29, 0.717) is 29.1 Å². The van der Waals surface area contributed by atoms with E-state index in [1.807, 2.05) is 4.90 Å². The highest BCUT2D eigenvalue weighted by molar-refractivity contribution is 5.97. The van der Waals surface area contributed by atoms with Gasteiger partial charge in [0.2, 0.25) is 0 Å². The van der Waals surface area contributed by atoms with Crippen LogP contribution in [0.15, 0.2) is 18.2 Å². The van der Waals surface area contributed by atoms with Crippen LogP contribution >= 0.6 is 0 Å². The number of hydrogen-bond donors (Lipinski definition) is 1. The third kappa shape index (κ3) is 3.78. The summed E-state index contributed by atoms with van der Waals surface area (Å²) >= 11 is 0. The van der Waals surface area contributed by atoms with Crippen molar-refractivity contribution in [1.82, 2.24) is 10.2 Å². The summed E-state index contributed by atoms with van der Waals surface area (Å²) in [6.07, 6.45) is 6.86. The first kappa shape index (κ1) is 18.6. The number of ether oxygens (including phenoxy) is 3. The lowest BCUT2D eigenvalue weighted by Gasteiger charge is -2.37. The zero-order chi connectivity index (χ0) is 18.9. The fourth-order valence-corrected chi connectivity index (χ4v) is 4.60. The van der Waals surface area contributed by atoms with Gasteiger partial charge in [-0.3, -0.25) is 4.79 Å². The normalized spacial score (nSPS) is 24.7. The van der Waals surface area contributed by atoms with E-state index in [1.54, 1.807) is 32.4 Å². The maximum atomic E-state index is 12.9. The molecule has 0 bridgehead atoms. The summed E-state index contributed by atoms with van der Waals surface area (Å²) in [6, 6.07) is 6.30. The summed E-state index contributed by atoms with van der Waals surface area (Å²) in [4.78, 5) is 14.9. The van der Waals surface area contributed by atoms with Gasteiger partial charge in [-0.05, 0) is 50.7 Å². The molecule has 27 heavy (non-hydrogen) atoms. The number of likely N-dealkylation sites (tertiary alicyclic amines) is 1. The number of piperidine rings is 1. The molecule has 1 spiro atoms. The fourth-order valence-electron chi connectivity index (χ4n) is 4.60. The molecule has 1 atom stereocenters. The number of carbonyl (C=O) groups is 1. The lowest BCUT2D eigenvalue weighted by atomic mass is 9.77. The Kier molecular flexibility index (Phi) is 5.28. The lowest BCUT2D eigenvalue weighted by molar-refractivity contribution is -0.0563. The molecule has 1 aliphatic carbocycles. The van der Waals surface area contributed by atoms with Gasteiger partial charge in [0.05, 0.1) is 32.0 Å². The molecule has 2 heterocycles. The third-order valence-electron chi connectivity index (χ3n) is 6.37. The van der Waals surface area contributed by atoms with Crippen molar-refractivity contribution in [2.75, 3.05) is 33.9 Å². The van der Waals surface area contributed by atoms with Crippen molar-refractivity contribution in [2.24, 2.45) is 0 Å². The molecule has 0 aromatic heterocycles. The molecule has 2 aliphatic heterocycles. The molecule has 3 aliphatic rings. The van der Waals surface area contributed by atoms with Crippen LogP contribution in [-0.4, -0.2) is 62.4 Å². The van der Waals surface area contributed by atoms with Gasteiger partial charge in [0, 0.05) is 31.2 Å². The molecule has 0 radical (unpaired) electrons. The van der Waals surface area contributed by atoms with E-state index in [1.165, 1.54) is 19.3 Å². The second-order valence-corrected chi connectivity index (χ2v) is 8.05. The van der Waals surface area contributed by atoms with Gasteiger partial charge in [-0.2, -0.15) is 0 Å². The first-order valence-corrected chi connectivity index (χ1v) is 10.0. The van der Waals surface area contributed by atoms with Crippen LogP contribution < -0.4 is 14.8 Å². The van der Waals surface area contributed by atoms with E-state index in [9.17, 15) is 4.79 Å². The third-order valence-corrected chi connectivity index (χ3v) is 6.37. The number of nitrogens with zero attached hydrogens (tertiary/aromatic N) is 1. The van der Waals surface area contributed by atoms with E-state index >= 15 is 0 Å². The highest BCUT2D eigenvalue weighted by Crippen LogP contribution is 2.43. The zero-order valence-corrected chi connectivity index (χ0v) is 16.3. The Balaban J connectivity index is 1.30. The molecule has 4 rings (SSSR count). The fraction of sp³-hybridized carbons (Fsp3) is 0.667. The first-order chi connectivity index (χ1) is 13.1. The van der Waals surface area contributed by atoms with Gasteiger partial charge >= 0.3 is 0 Å². The number of amides is 1.